The number of halogens is 2. The Balaban J connectivity index is 2.39. The van der Waals surface area contributed by atoms with Crippen molar-refractivity contribution in [2.75, 3.05) is 12.4 Å². The lowest BCUT2D eigenvalue weighted by atomic mass is 10.3. The lowest BCUT2D eigenvalue weighted by molar-refractivity contribution is 0.344. The van der Waals surface area contributed by atoms with E-state index in [1.807, 2.05) is 0 Å². The first-order valence-electron chi connectivity index (χ1n) is 4.88. The van der Waals surface area contributed by atoms with Gasteiger partial charge in [0.2, 0.25) is 0 Å². The molecule has 98 valence electrons. The number of ether oxygens (including phenoxy) is 1. The Kier molecular flexibility index (Phi) is 6.11. The number of amidine groups is 1. The van der Waals surface area contributed by atoms with Crippen LogP contribution < -0.4 is 16.2 Å². The number of para-hydroxylation sites is 1. The van der Waals surface area contributed by atoms with Gasteiger partial charge in [-0.2, -0.15) is 4.99 Å². The average molecular weight is 307 g/mol. The Morgan fingerprint density at radius 2 is 1.94 bits per heavy atom. The van der Waals surface area contributed by atoms with Crippen molar-refractivity contribution < 1.29 is 4.74 Å². The summed E-state index contributed by atoms with van der Waals surface area (Å²) in [6.07, 6.45) is 0. The molecule has 1 aromatic rings. The number of hydrogen-bond donors (Lipinski definition) is 3. The molecule has 0 aliphatic rings. The van der Waals surface area contributed by atoms with Crippen molar-refractivity contribution in [3.63, 3.8) is 0 Å². The largest absolute Gasteiger partial charge is 0.490 e. The zero-order valence-electron chi connectivity index (χ0n) is 9.32. The number of rotatable bonds is 4. The van der Waals surface area contributed by atoms with Crippen LogP contribution in [-0.4, -0.2) is 23.5 Å². The van der Waals surface area contributed by atoms with E-state index in [4.69, 9.17) is 44.8 Å². The van der Waals surface area contributed by atoms with E-state index >= 15 is 0 Å². The van der Waals surface area contributed by atoms with Gasteiger partial charge in [0, 0.05) is 5.75 Å². The molecule has 0 heterocycles. The first-order valence-corrected chi connectivity index (χ1v) is 6.62. The molecule has 0 aliphatic carbocycles. The lowest BCUT2D eigenvalue weighted by Crippen LogP contribution is -2.23. The lowest BCUT2D eigenvalue weighted by Gasteiger charge is -2.08. The molecule has 18 heavy (non-hydrogen) atoms. The van der Waals surface area contributed by atoms with Crippen molar-refractivity contribution in [2.24, 2.45) is 16.5 Å². The zero-order chi connectivity index (χ0) is 13.5. The molecule has 0 amide bonds. The van der Waals surface area contributed by atoms with Crippen molar-refractivity contribution in [3.8, 4) is 5.75 Å². The summed E-state index contributed by atoms with van der Waals surface area (Å²) < 4.78 is 5.43. The average Bonchev–Trinajstić information content (AvgIpc) is 2.26. The van der Waals surface area contributed by atoms with Crippen LogP contribution in [0.15, 0.2) is 23.2 Å². The van der Waals surface area contributed by atoms with E-state index in [-0.39, 0.29) is 11.1 Å². The van der Waals surface area contributed by atoms with E-state index in [9.17, 15) is 0 Å². The third-order valence-electron chi connectivity index (χ3n) is 1.72. The maximum atomic E-state index is 7.39. The Labute approximate surface area is 119 Å². The van der Waals surface area contributed by atoms with Crippen molar-refractivity contribution in [1.29, 1.82) is 5.41 Å². The number of benzene rings is 1. The molecule has 0 saturated heterocycles. The molecule has 0 fully saturated rings. The zero-order valence-corrected chi connectivity index (χ0v) is 11.6. The van der Waals surface area contributed by atoms with E-state index in [2.05, 4.69) is 4.99 Å². The molecule has 0 atom stereocenters. The molecule has 0 spiro atoms. The molecule has 5 N–H and O–H groups in total. The van der Waals surface area contributed by atoms with Gasteiger partial charge in [-0.05, 0) is 12.1 Å². The number of aliphatic imine (C=N–C) groups is 1. The van der Waals surface area contributed by atoms with Gasteiger partial charge in [-0.3, -0.25) is 5.41 Å². The van der Waals surface area contributed by atoms with Crippen molar-refractivity contribution in [2.45, 2.75) is 0 Å². The molecule has 1 rings (SSSR count). The highest BCUT2D eigenvalue weighted by molar-refractivity contribution is 8.13. The predicted octanol–water partition coefficient (Wildman–Crippen LogP) is 2.31. The van der Waals surface area contributed by atoms with E-state index in [1.54, 1.807) is 18.2 Å². The van der Waals surface area contributed by atoms with Gasteiger partial charge in [0.05, 0.1) is 16.7 Å². The molecule has 5 nitrogen and oxygen atoms in total. The molecule has 1 aromatic carbocycles. The smallest absolute Gasteiger partial charge is 0.193 e. The first kappa shape index (κ1) is 14.9. The summed E-state index contributed by atoms with van der Waals surface area (Å²) in [5.41, 5.74) is 10.3. The second-order valence-corrected chi connectivity index (χ2v) is 4.99. The molecule has 0 aromatic heterocycles. The summed E-state index contributed by atoms with van der Waals surface area (Å²) in [5.74, 6) is 0.814. The van der Waals surface area contributed by atoms with Crippen LogP contribution >= 0.6 is 35.0 Å². The quantitative estimate of drug-likeness (QED) is 0.452. The van der Waals surface area contributed by atoms with E-state index in [0.717, 1.165) is 11.8 Å². The number of guanidine groups is 1. The van der Waals surface area contributed by atoms with Crippen molar-refractivity contribution in [3.05, 3.63) is 28.2 Å². The Hall–Kier alpha value is -1.11. The van der Waals surface area contributed by atoms with E-state index in [1.165, 1.54) is 0 Å². The minimum atomic E-state index is -0.137. The number of thioether (sulfide) groups is 1. The van der Waals surface area contributed by atoms with Crippen LogP contribution in [0.4, 0.5) is 0 Å². The number of nitrogens with one attached hydrogen (secondary N) is 1. The molecule has 8 heteroatoms. The van der Waals surface area contributed by atoms with Gasteiger partial charge in [-0.25, -0.2) is 0 Å². The molecular formula is C10H12Cl2N4OS. The Morgan fingerprint density at radius 1 is 1.33 bits per heavy atom. The Bertz CT molecular complexity index is 443. The van der Waals surface area contributed by atoms with Crippen LogP contribution in [0.1, 0.15) is 0 Å². The van der Waals surface area contributed by atoms with Gasteiger partial charge < -0.3 is 16.2 Å². The van der Waals surface area contributed by atoms with E-state index < -0.39 is 0 Å². The summed E-state index contributed by atoms with van der Waals surface area (Å²) in [7, 11) is 0. The minimum Gasteiger partial charge on any atom is -0.490 e. The highest BCUT2D eigenvalue weighted by Gasteiger charge is 2.06. The minimum absolute atomic E-state index is 0.0313. The van der Waals surface area contributed by atoms with E-state index in [0.29, 0.717) is 28.2 Å². The summed E-state index contributed by atoms with van der Waals surface area (Å²) in [6, 6.07) is 5.12. The third-order valence-corrected chi connectivity index (χ3v) is 3.05. The summed E-state index contributed by atoms with van der Waals surface area (Å²) in [6.45, 7) is 0.344. The summed E-state index contributed by atoms with van der Waals surface area (Å²) >= 11 is 13.0. The fourth-order valence-electron chi connectivity index (χ4n) is 1.05. The first-order chi connectivity index (χ1) is 8.50. The van der Waals surface area contributed by atoms with Gasteiger partial charge >= 0.3 is 0 Å². The SMILES string of the molecule is N=C(N=C(N)N)SCCOc1c(Cl)cccc1Cl. The summed E-state index contributed by atoms with van der Waals surface area (Å²) in [4.78, 5) is 3.57. The van der Waals surface area contributed by atoms with Crippen molar-refractivity contribution >= 4 is 46.1 Å². The second-order valence-electron chi connectivity index (χ2n) is 3.09. The summed E-state index contributed by atoms with van der Waals surface area (Å²) in [5, 5.41) is 8.33. The maximum absolute atomic E-state index is 7.39. The van der Waals surface area contributed by atoms with Crippen LogP contribution in [0.2, 0.25) is 10.0 Å². The number of nitrogens with two attached hydrogens (primary N) is 2. The highest BCUT2D eigenvalue weighted by atomic mass is 35.5. The van der Waals surface area contributed by atoms with Gasteiger partial charge in [0.1, 0.15) is 0 Å². The Morgan fingerprint density at radius 3 is 2.50 bits per heavy atom. The monoisotopic (exact) mass is 306 g/mol. The van der Waals surface area contributed by atoms with Gasteiger partial charge in [-0.1, -0.05) is 41.0 Å². The van der Waals surface area contributed by atoms with Gasteiger partial charge in [-0.15, -0.1) is 0 Å². The highest BCUT2D eigenvalue weighted by Crippen LogP contribution is 2.32. The standard InChI is InChI=1S/C10H12Cl2N4OS/c11-6-2-1-3-7(12)8(6)17-4-5-18-10(15)16-9(13)14/h1-3H,4-5H2,(H5,13,14,15,16). The molecule has 0 aliphatic heterocycles. The molecule has 0 radical (unpaired) electrons. The molecule has 0 saturated carbocycles. The fraction of sp³-hybridized carbons (Fsp3) is 0.200. The topological polar surface area (TPSA) is 97.5 Å². The number of hydrogen-bond acceptors (Lipinski definition) is 3. The molecular weight excluding hydrogens is 295 g/mol. The molecule has 0 unspecified atom stereocenters. The van der Waals surface area contributed by atoms with Crippen LogP contribution in [0.25, 0.3) is 0 Å². The number of nitrogens with zero attached hydrogens (tertiary/aromatic N) is 1. The van der Waals surface area contributed by atoms with Crippen LogP contribution in [-0.2, 0) is 0 Å². The van der Waals surface area contributed by atoms with Gasteiger partial charge in [0.15, 0.2) is 16.9 Å². The predicted molar refractivity (Wildman–Crippen MR) is 78.0 cm³/mol. The van der Waals surface area contributed by atoms with Crippen LogP contribution in [0.3, 0.4) is 0 Å². The van der Waals surface area contributed by atoms with Crippen molar-refractivity contribution in [1.82, 2.24) is 0 Å². The van der Waals surface area contributed by atoms with Crippen LogP contribution in [0.5, 0.6) is 5.75 Å². The van der Waals surface area contributed by atoms with Crippen LogP contribution in [0, 0.1) is 5.41 Å². The second kappa shape index (κ2) is 7.35. The fourth-order valence-corrected chi connectivity index (χ4v) is 2.09. The normalized spacial score (nSPS) is 9.89. The molecule has 0 bridgehead atoms. The maximum Gasteiger partial charge on any atom is 0.193 e. The third kappa shape index (κ3) is 5.03. The van der Waals surface area contributed by atoms with Gasteiger partial charge in [0.25, 0.3) is 0 Å².